The average Bonchev–Trinajstić information content (AvgIpc) is 3.02. The van der Waals surface area contributed by atoms with Crippen LogP contribution in [0.1, 0.15) is 6.42 Å². The van der Waals surface area contributed by atoms with Gasteiger partial charge in [0.05, 0.1) is 20.3 Å². The molecule has 3 amide bonds. The van der Waals surface area contributed by atoms with Gasteiger partial charge in [0.1, 0.15) is 5.82 Å². The van der Waals surface area contributed by atoms with E-state index < -0.39 is 6.03 Å². The van der Waals surface area contributed by atoms with Crippen molar-refractivity contribution in [3.63, 3.8) is 0 Å². The van der Waals surface area contributed by atoms with Gasteiger partial charge in [-0.2, -0.15) is 0 Å². The Labute approximate surface area is 156 Å². The summed E-state index contributed by atoms with van der Waals surface area (Å²) in [6, 6.07) is 9.92. The molecule has 1 unspecified atom stereocenters. The molecular formula is C19H20FN3O4. The number of hydrogen-bond donors (Lipinski definition) is 2. The van der Waals surface area contributed by atoms with E-state index in [0.29, 0.717) is 29.4 Å². The largest absolute Gasteiger partial charge is 0.493 e. The predicted octanol–water partition coefficient (Wildman–Crippen LogP) is 2.77. The fourth-order valence-corrected chi connectivity index (χ4v) is 2.94. The first kappa shape index (κ1) is 18.5. The van der Waals surface area contributed by atoms with Crippen LogP contribution in [0.25, 0.3) is 0 Å². The van der Waals surface area contributed by atoms with Crippen LogP contribution in [0.3, 0.4) is 0 Å². The van der Waals surface area contributed by atoms with Crippen LogP contribution in [0.15, 0.2) is 42.5 Å². The number of nitrogens with one attached hydrogen (secondary N) is 2. The van der Waals surface area contributed by atoms with Crippen molar-refractivity contribution in [2.24, 2.45) is 0 Å². The summed E-state index contributed by atoms with van der Waals surface area (Å²) in [6.07, 6.45) is 0.177. The second-order valence-corrected chi connectivity index (χ2v) is 6.05. The third-order valence-corrected chi connectivity index (χ3v) is 4.24. The molecule has 1 heterocycles. The molecule has 27 heavy (non-hydrogen) atoms. The van der Waals surface area contributed by atoms with Crippen molar-refractivity contribution in [1.82, 2.24) is 5.32 Å². The van der Waals surface area contributed by atoms with Gasteiger partial charge in [-0.3, -0.25) is 4.79 Å². The molecular weight excluding hydrogens is 353 g/mol. The summed E-state index contributed by atoms with van der Waals surface area (Å²) in [5, 5.41) is 5.48. The SMILES string of the molecule is COc1ccc(NC(=O)NC2CC(=O)N(c3ccc(F)cc3)C2)cc1OC. The van der Waals surface area contributed by atoms with Crippen molar-refractivity contribution >= 4 is 23.3 Å². The van der Waals surface area contributed by atoms with Crippen LogP contribution < -0.4 is 25.0 Å². The van der Waals surface area contributed by atoms with Crippen LogP contribution in [-0.2, 0) is 4.79 Å². The monoisotopic (exact) mass is 373 g/mol. The number of anilines is 2. The normalized spacial score (nSPS) is 16.2. The van der Waals surface area contributed by atoms with E-state index in [1.165, 1.54) is 31.3 Å². The van der Waals surface area contributed by atoms with Crippen LogP contribution in [0.5, 0.6) is 11.5 Å². The molecule has 3 rings (SSSR count). The first-order valence-electron chi connectivity index (χ1n) is 8.35. The van der Waals surface area contributed by atoms with Crippen LogP contribution in [0, 0.1) is 5.82 Å². The number of carbonyl (C=O) groups is 2. The Bertz CT molecular complexity index is 841. The summed E-state index contributed by atoms with van der Waals surface area (Å²) >= 11 is 0. The minimum Gasteiger partial charge on any atom is -0.493 e. The highest BCUT2D eigenvalue weighted by molar-refractivity contribution is 5.97. The maximum Gasteiger partial charge on any atom is 0.319 e. The first-order valence-corrected chi connectivity index (χ1v) is 8.35. The Hall–Kier alpha value is -3.29. The Morgan fingerprint density at radius 2 is 1.81 bits per heavy atom. The summed E-state index contributed by atoms with van der Waals surface area (Å²) in [6.45, 7) is 0.323. The maximum absolute atomic E-state index is 13.0. The molecule has 0 saturated carbocycles. The topological polar surface area (TPSA) is 79.9 Å². The number of urea groups is 1. The highest BCUT2D eigenvalue weighted by atomic mass is 19.1. The van der Waals surface area contributed by atoms with E-state index >= 15 is 0 Å². The van der Waals surface area contributed by atoms with Gasteiger partial charge in [0.15, 0.2) is 11.5 Å². The smallest absolute Gasteiger partial charge is 0.319 e. The van der Waals surface area contributed by atoms with E-state index in [1.54, 1.807) is 30.3 Å². The lowest BCUT2D eigenvalue weighted by Gasteiger charge is -2.17. The van der Waals surface area contributed by atoms with Gasteiger partial charge in [0.25, 0.3) is 0 Å². The summed E-state index contributed by atoms with van der Waals surface area (Å²) in [4.78, 5) is 26.0. The zero-order valence-electron chi connectivity index (χ0n) is 15.0. The molecule has 2 aromatic carbocycles. The zero-order chi connectivity index (χ0) is 19.4. The number of hydrogen-bond acceptors (Lipinski definition) is 4. The third kappa shape index (κ3) is 4.28. The standard InChI is InChI=1S/C19H20FN3O4/c1-26-16-8-5-13(9-17(16)27-2)21-19(25)22-14-10-18(24)23(11-14)15-6-3-12(20)4-7-15/h3-9,14H,10-11H2,1-2H3,(H2,21,22,25). The quantitative estimate of drug-likeness (QED) is 0.845. The highest BCUT2D eigenvalue weighted by Crippen LogP contribution is 2.29. The fraction of sp³-hybridized carbons (Fsp3) is 0.263. The average molecular weight is 373 g/mol. The Kier molecular flexibility index (Phi) is 5.44. The molecule has 8 heteroatoms. The van der Waals surface area contributed by atoms with Crippen molar-refractivity contribution in [3.8, 4) is 11.5 Å². The number of benzene rings is 2. The lowest BCUT2D eigenvalue weighted by molar-refractivity contribution is -0.117. The van der Waals surface area contributed by atoms with Gasteiger partial charge in [0.2, 0.25) is 5.91 Å². The van der Waals surface area contributed by atoms with Gasteiger partial charge in [-0.05, 0) is 36.4 Å². The lowest BCUT2D eigenvalue weighted by atomic mass is 10.2. The Morgan fingerprint density at radius 1 is 1.11 bits per heavy atom. The first-order chi connectivity index (χ1) is 13.0. The molecule has 0 aliphatic carbocycles. The number of ether oxygens (including phenoxy) is 2. The Balaban J connectivity index is 1.60. The van der Waals surface area contributed by atoms with E-state index in [-0.39, 0.29) is 24.2 Å². The van der Waals surface area contributed by atoms with Crippen molar-refractivity contribution in [2.45, 2.75) is 12.5 Å². The summed E-state index contributed by atoms with van der Waals surface area (Å²) < 4.78 is 23.4. The summed E-state index contributed by atoms with van der Waals surface area (Å²) in [5.41, 5.74) is 1.14. The van der Waals surface area contributed by atoms with E-state index in [9.17, 15) is 14.0 Å². The van der Waals surface area contributed by atoms with Crippen molar-refractivity contribution < 1.29 is 23.5 Å². The predicted molar refractivity (Wildman–Crippen MR) is 98.9 cm³/mol. The number of methoxy groups -OCH3 is 2. The minimum absolute atomic E-state index is 0.127. The molecule has 1 aliphatic rings. The third-order valence-electron chi connectivity index (χ3n) is 4.24. The van der Waals surface area contributed by atoms with E-state index in [1.807, 2.05) is 0 Å². The van der Waals surface area contributed by atoms with Gasteiger partial charge < -0.3 is 25.0 Å². The molecule has 1 saturated heterocycles. The van der Waals surface area contributed by atoms with Crippen LogP contribution in [0.2, 0.25) is 0 Å². The molecule has 0 bridgehead atoms. The molecule has 142 valence electrons. The highest BCUT2D eigenvalue weighted by Gasteiger charge is 2.31. The lowest BCUT2D eigenvalue weighted by Crippen LogP contribution is -2.39. The summed E-state index contributed by atoms with van der Waals surface area (Å²) in [5.74, 6) is 0.556. The van der Waals surface area contributed by atoms with Crippen LogP contribution >= 0.6 is 0 Å². The van der Waals surface area contributed by atoms with E-state index in [0.717, 1.165) is 0 Å². The molecule has 0 radical (unpaired) electrons. The molecule has 1 aliphatic heterocycles. The summed E-state index contributed by atoms with van der Waals surface area (Å²) in [7, 11) is 3.04. The number of halogens is 1. The molecule has 2 aromatic rings. The fourth-order valence-electron chi connectivity index (χ4n) is 2.94. The van der Waals surface area contributed by atoms with E-state index in [4.69, 9.17) is 9.47 Å². The van der Waals surface area contributed by atoms with Crippen LogP contribution in [0.4, 0.5) is 20.6 Å². The van der Waals surface area contributed by atoms with Crippen molar-refractivity contribution in [3.05, 3.63) is 48.3 Å². The molecule has 1 atom stereocenters. The van der Waals surface area contributed by atoms with E-state index in [2.05, 4.69) is 10.6 Å². The number of rotatable bonds is 5. The van der Waals surface area contributed by atoms with Gasteiger partial charge >= 0.3 is 6.03 Å². The van der Waals surface area contributed by atoms with Crippen LogP contribution in [-0.4, -0.2) is 38.7 Å². The maximum atomic E-state index is 13.0. The van der Waals surface area contributed by atoms with Gasteiger partial charge in [-0.1, -0.05) is 0 Å². The second kappa shape index (κ2) is 7.94. The van der Waals surface area contributed by atoms with Gasteiger partial charge in [0, 0.05) is 30.4 Å². The molecule has 0 spiro atoms. The zero-order valence-corrected chi connectivity index (χ0v) is 15.0. The molecule has 0 aromatic heterocycles. The molecule has 1 fully saturated rings. The Morgan fingerprint density at radius 3 is 2.48 bits per heavy atom. The van der Waals surface area contributed by atoms with Crippen molar-refractivity contribution in [2.75, 3.05) is 31.0 Å². The second-order valence-electron chi connectivity index (χ2n) is 6.05. The van der Waals surface area contributed by atoms with Crippen molar-refractivity contribution in [1.29, 1.82) is 0 Å². The molecule has 7 nitrogen and oxygen atoms in total. The minimum atomic E-state index is -0.430. The number of amides is 3. The van der Waals surface area contributed by atoms with Gasteiger partial charge in [-0.25, -0.2) is 9.18 Å². The number of nitrogens with zero attached hydrogens (tertiary/aromatic N) is 1. The molecule has 2 N–H and O–H groups in total. The van der Waals surface area contributed by atoms with Gasteiger partial charge in [-0.15, -0.1) is 0 Å². The number of carbonyl (C=O) groups excluding carboxylic acids is 2.